The zero-order valence-electron chi connectivity index (χ0n) is 13.2. The number of pyridine rings is 1. The molecule has 3 rings (SSSR count). The quantitative estimate of drug-likeness (QED) is 0.871. The molecule has 0 aromatic carbocycles. The Hall–Kier alpha value is -2.41. The molecule has 3 N–H and O–H groups in total. The van der Waals surface area contributed by atoms with Gasteiger partial charge in [0.05, 0.1) is 25.2 Å². The fourth-order valence-electron chi connectivity index (χ4n) is 2.53. The topological polar surface area (TPSA) is 95.2 Å². The maximum Gasteiger partial charge on any atom is 0.169 e. The molecule has 0 unspecified atom stereocenters. The zero-order valence-corrected chi connectivity index (χ0v) is 13.2. The fourth-order valence-corrected chi connectivity index (χ4v) is 2.53. The summed E-state index contributed by atoms with van der Waals surface area (Å²) >= 11 is 0. The van der Waals surface area contributed by atoms with E-state index in [1.165, 1.54) is 0 Å². The Labute approximate surface area is 135 Å². The second-order valence-corrected chi connectivity index (χ2v) is 5.54. The van der Waals surface area contributed by atoms with E-state index in [1.807, 2.05) is 6.07 Å². The number of hydrogen-bond donors (Lipinski definition) is 2. The van der Waals surface area contributed by atoms with Gasteiger partial charge in [0, 0.05) is 31.5 Å². The van der Waals surface area contributed by atoms with Crippen molar-refractivity contribution < 1.29 is 9.47 Å². The van der Waals surface area contributed by atoms with Crippen LogP contribution in [0.3, 0.4) is 0 Å². The van der Waals surface area contributed by atoms with E-state index in [0.29, 0.717) is 29.0 Å². The number of nitrogens with zero attached hydrogens (tertiary/aromatic N) is 3. The summed E-state index contributed by atoms with van der Waals surface area (Å²) in [4.78, 5) is 13.0. The molecule has 7 nitrogen and oxygen atoms in total. The smallest absolute Gasteiger partial charge is 0.169 e. The fraction of sp³-hybridized carbons (Fsp3) is 0.438. The third kappa shape index (κ3) is 3.87. The number of rotatable bonds is 5. The molecule has 1 aliphatic rings. The first-order chi connectivity index (χ1) is 11.3. The largest absolute Gasteiger partial charge is 0.495 e. The van der Waals surface area contributed by atoms with E-state index in [9.17, 15) is 0 Å². The van der Waals surface area contributed by atoms with Gasteiger partial charge < -0.3 is 20.5 Å². The predicted molar refractivity (Wildman–Crippen MR) is 88.3 cm³/mol. The normalized spacial score (nSPS) is 15.3. The number of ether oxygens (including phenoxy) is 2. The number of nitrogens with two attached hydrogens (primary N) is 1. The first-order valence-electron chi connectivity index (χ1n) is 7.70. The number of methoxy groups -OCH3 is 1. The summed E-state index contributed by atoms with van der Waals surface area (Å²) in [6.45, 7) is 2.47. The average Bonchev–Trinajstić information content (AvgIpc) is 2.62. The molecule has 3 heterocycles. The third-order valence-electron chi connectivity index (χ3n) is 3.94. The minimum absolute atomic E-state index is 0.400. The Morgan fingerprint density at radius 3 is 2.91 bits per heavy atom. The van der Waals surface area contributed by atoms with Crippen LogP contribution in [0.1, 0.15) is 12.8 Å². The van der Waals surface area contributed by atoms with Gasteiger partial charge in [-0.15, -0.1) is 0 Å². The van der Waals surface area contributed by atoms with Gasteiger partial charge in [-0.3, -0.25) is 4.98 Å². The van der Waals surface area contributed by atoms with Crippen LogP contribution in [0.25, 0.3) is 11.3 Å². The molecule has 0 aliphatic carbocycles. The molecule has 23 heavy (non-hydrogen) atoms. The molecule has 1 saturated heterocycles. The van der Waals surface area contributed by atoms with Crippen LogP contribution in [-0.2, 0) is 4.74 Å². The van der Waals surface area contributed by atoms with Gasteiger partial charge in [-0.25, -0.2) is 9.97 Å². The molecule has 2 aromatic heterocycles. The number of anilines is 2. The van der Waals surface area contributed by atoms with Crippen molar-refractivity contribution in [2.24, 2.45) is 5.92 Å². The Balaban J connectivity index is 1.75. The van der Waals surface area contributed by atoms with Crippen LogP contribution in [0, 0.1) is 5.92 Å². The van der Waals surface area contributed by atoms with Crippen LogP contribution in [0.5, 0.6) is 5.75 Å². The summed E-state index contributed by atoms with van der Waals surface area (Å²) in [6, 6.07) is 1.87. The van der Waals surface area contributed by atoms with Crippen molar-refractivity contribution in [3.05, 3.63) is 24.7 Å². The molecule has 122 valence electrons. The van der Waals surface area contributed by atoms with Crippen LogP contribution < -0.4 is 15.8 Å². The summed E-state index contributed by atoms with van der Waals surface area (Å²) in [5.74, 6) is 2.26. The van der Waals surface area contributed by atoms with Gasteiger partial charge in [0.1, 0.15) is 5.75 Å². The maximum atomic E-state index is 5.94. The highest BCUT2D eigenvalue weighted by Crippen LogP contribution is 2.24. The molecule has 0 amide bonds. The van der Waals surface area contributed by atoms with Gasteiger partial charge in [0.2, 0.25) is 0 Å². The second-order valence-electron chi connectivity index (χ2n) is 5.54. The molecule has 1 fully saturated rings. The Bertz CT molecular complexity index is 659. The first kappa shape index (κ1) is 15.5. The number of hydrogen-bond acceptors (Lipinski definition) is 7. The summed E-state index contributed by atoms with van der Waals surface area (Å²) in [7, 11) is 1.61. The summed E-state index contributed by atoms with van der Waals surface area (Å²) in [5.41, 5.74) is 7.49. The molecule has 1 aliphatic heterocycles. The monoisotopic (exact) mass is 315 g/mol. The standard InChI is InChI=1S/C16H21N5O2/c1-22-13-6-12(8-18-9-13)14-10-19-15(17)16(21-14)20-7-11-2-4-23-5-3-11/h6,8-11H,2-5,7H2,1H3,(H2,17,19)(H,20,21). The first-order valence-corrected chi connectivity index (χ1v) is 7.70. The molecular formula is C16H21N5O2. The number of nitrogen functional groups attached to an aromatic ring is 1. The Morgan fingerprint density at radius 2 is 2.13 bits per heavy atom. The van der Waals surface area contributed by atoms with Crippen molar-refractivity contribution in [2.75, 3.05) is 37.9 Å². The van der Waals surface area contributed by atoms with Crippen LogP contribution in [-0.4, -0.2) is 41.8 Å². The van der Waals surface area contributed by atoms with Crippen molar-refractivity contribution in [3.63, 3.8) is 0 Å². The average molecular weight is 315 g/mol. The van der Waals surface area contributed by atoms with E-state index in [-0.39, 0.29) is 0 Å². The van der Waals surface area contributed by atoms with E-state index in [0.717, 1.165) is 38.2 Å². The van der Waals surface area contributed by atoms with Crippen molar-refractivity contribution in [1.82, 2.24) is 15.0 Å². The van der Waals surface area contributed by atoms with Crippen molar-refractivity contribution in [2.45, 2.75) is 12.8 Å². The molecule has 0 bridgehead atoms. The molecule has 0 spiro atoms. The molecular weight excluding hydrogens is 294 g/mol. The minimum atomic E-state index is 0.400. The molecule has 7 heteroatoms. The van der Waals surface area contributed by atoms with E-state index in [2.05, 4.69) is 20.3 Å². The van der Waals surface area contributed by atoms with Crippen LogP contribution >= 0.6 is 0 Å². The lowest BCUT2D eigenvalue weighted by atomic mass is 10.0. The van der Waals surface area contributed by atoms with Gasteiger partial charge in [-0.1, -0.05) is 0 Å². The summed E-state index contributed by atoms with van der Waals surface area (Å²) in [5, 5.41) is 3.32. The highest BCUT2D eigenvalue weighted by Gasteiger charge is 2.15. The second kappa shape index (κ2) is 7.23. The molecule has 0 radical (unpaired) electrons. The van der Waals surface area contributed by atoms with Gasteiger partial charge in [-0.2, -0.15) is 0 Å². The van der Waals surface area contributed by atoms with E-state index in [4.69, 9.17) is 15.2 Å². The lowest BCUT2D eigenvalue weighted by molar-refractivity contribution is 0.0699. The number of aromatic nitrogens is 3. The Morgan fingerprint density at radius 1 is 1.30 bits per heavy atom. The van der Waals surface area contributed by atoms with Gasteiger partial charge in [0.15, 0.2) is 11.6 Å². The summed E-state index contributed by atoms with van der Waals surface area (Å²) < 4.78 is 10.6. The van der Waals surface area contributed by atoms with Crippen LogP contribution in [0.15, 0.2) is 24.7 Å². The van der Waals surface area contributed by atoms with Gasteiger partial charge >= 0.3 is 0 Å². The molecule has 2 aromatic rings. The minimum Gasteiger partial charge on any atom is -0.495 e. The van der Waals surface area contributed by atoms with Crippen LogP contribution in [0.4, 0.5) is 11.6 Å². The molecule has 0 atom stereocenters. The lowest BCUT2D eigenvalue weighted by Gasteiger charge is -2.22. The zero-order chi connectivity index (χ0) is 16.1. The van der Waals surface area contributed by atoms with E-state index in [1.54, 1.807) is 25.7 Å². The number of nitrogens with one attached hydrogen (secondary N) is 1. The van der Waals surface area contributed by atoms with Gasteiger partial charge in [-0.05, 0) is 24.8 Å². The highest BCUT2D eigenvalue weighted by atomic mass is 16.5. The third-order valence-corrected chi connectivity index (χ3v) is 3.94. The van der Waals surface area contributed by atoms with Crippen molar-refractivity contribution in [1.29, 1.82) is 0 Å². The Kier molecular flexibility index (Phi) is 4.87. The van der Waals surface area contributed by atoms with E-state index < -0.39 is 0 Å². The van der Waals surface area contributed by atoms with Crippen molar-refractivity contribution >= 4 is 11.6 Å². The van der Waals surface area contributed by atoms with Crippen molar-refractivity contribution in [3.8, 4) is 17.0 Å². The lowest BCUT2D eigenvalue weighted by Crippen LogP contribution is -2.23. The highest BCUT2D eigenvalue weighted by molar-refractivity contribution is 5.65. The van der Waals surface area contributed by atoms with Gasteiger partial charge in [0.25, 0.3) is 0 Å². The summed E-state index contributed by atoms with van der Waals surface area (Å²) in [6.07, 6.45) is 7.13. The predicted octanol–water partition coefficient (Wildman–Crippen LogP) is 1.97. The maximum absolute atomic E-state index is 5.94. The molecule has 0 saturated carbocycles. The van der Waals surface area contributed by atoms with E-state index >= 15 is 0 Å². The SMILES string of the molecule is COc1cncc(-c2cnc(N)c(NCC3CCOCC3)n2)c1. The van der Waals surface area contributed by atoms with Crippen LogP contribution in [0.2, 0.25) is 0 Å².